The lowest BCUT2D eigenvalue weighted by atomic mass is 9.91. The predicted molar refractivity (Wildman–Crippen MR) is 141 cm³/mol. The Bertz CT molecular complexity index is 1460. The molecule has 5 nitrogen and oxygen atoms in total. The monoisotopic (exact) mass is 733 g/mol. The van der Waals surface area contributed by atoms with Crippen molar-refractivity contribution in [3.8, 4) is 5.75 Å². The number of alkyl halides is 11. The lowest BCUT2D eigenvalue weighted by Crippen LogP contribution is -2.40. The second-order valence-electron chi connectivity index (χ2n) is 9.76. The Morgan fingerprint density at radius 1 is 0.955 bits per heavy atom. The summed E-state index contributed by atoms with van der Waals surface area (Å²) < 4.78 is 174. The van der Waals surface area contributed by atoms with Gasteiger partial charge < -0.3 is 10.1 Å². The number of allylic oxidation sites excluding steroid dienone is 1. The number of sulfone groups is 1. The van der Waals surface area contributed by atoms with Gasteiger partial charge in [0.05, 0.1) is 22.8 Å². The molecule has 0 aromatic heterocycles. The van der Waals surface area contributed by atoms with Crippen LogP contribution in [0.3, 0.4) is 0 Å². The maximum Gasteiger partial charge on any atom is 0.422 e. The van der Waals surface area contributed by atoms with E-state index in [2.05, 4.69) is 20.7 Å². The van der Waals surface area contributed by atoms with E-state index in [0.717, 1.165) is 43.3 Å². The summed E-state index contributed by atoms with van der Waals surface area (Å²) in [5.41, 5.74) is -3.16. The lowest BCUT2D eigenvalue weighted by molar-refractivity contribution is -0.153. The number of halogens is 12. The van der Waals surface area contributed by atoms with E-state index in [1.165, 1.54) is 0 Å². The molecule has 44 heavy (non-hydrogen) atoms. The first kappa shape index (κ1) is 37.3. The standard InChI is InChI=1S/C26H23BrF11NO4S/c1-14(11-44(41,42)13-25(33,34)35)39-22(40)19-5-3-15(7-21(19)26(36,37)38)4-6-20(23(2,28)29)16-8-17(27)10-18(9-16)43-12-24(30,31)32/h3-10,14,20H,11-13H2,1-2H3,(H,39,40)/b6-4+. The van der Waals surface area contributed by atoms with Crippen LogP contribution < -0.4 is 10.1 Å². The molecule has 0 fully saturated rings. The van der Waals surface area contributed by atoms with Gasteiger partial charge in [-0.05, 0) is 48.4 Å². The Kier molecular flexibility index (Phi) is 11.5. The number of carbonyl (C=O) groups is 1. The van der Waals surface area contributed by atoms with Crippen molar-refractivity contribution in [2.24, 2.45) is 0 Å². The topological polar surface area (TPSA) is 72.5 Å². The van der Waals surface area contributed by atoms with Crippen LogP contribution in [-0.2, 0) is 16.0 Å². The minimum Gasteiger partial charge on any atom is -0.484 e. The Morgan fingerprint density at radius 3 is 2.09 bits per heavy atom. The van der Waals surface area contributed by atoms with Crippen LogP contribution >= 0.6 is 15.9 Å². The van der Waals surface area contributed by atoms with E-state index in [-0.39, 0.29) is 15.6 Å². The van der Waals surface area contributed by atoms with Gasteiger partial charge in [-0.3, -0.25) is 4.79 Å². The van der Waals surface area contributed by atoms with Crippen molar-refractivity contribution in [3.05, 3.63) is 69.2 Å². The van der Waals surface area contributed by atoms with Crippen LogP contribution in [0.15, 0.2) is 46.9 Å². The fourth-order valence-electron chi connectivity index (χ4n) is 3.92. The molecule has 2 atom stereocenters. The summed E-state index contributed by atoms with van der Waals surface area (Å²) in [6.07, 6.45) is -13.3. The first-order valence-corrected chi connectivity index (χ1v) is 14.7. The number of carbonyl (C=O) groups excluding carboxylic acids is 1. The van der Waals surface area contributed by atoms with Crippen molar-refractivity contribution < 1.29 is 66.2 Å². The molecule has 2 rings (SSSR count). The normalized spacial score (nSPS) is 14.9. The van der Waals surface area contributed by atoms with Crippen molar-refractivity contribution >= 4 is 37.8 Å². The highest BCUT2D eigenvalue weighted by Crippen LogP contribution is 2.39. The second-order valence-corrected chi connectivity index (χ2v) is 12.8. The third-order valence-electron chi connectivity index (χ3n) is 5.54. The van der Waals surface area contributed by atoms with Crippen molar-refractivity contribution in [3.63, 3.8) is 0 Å². The van der Waals surface area contributed by atoms with Gasteiger partial charge in [0.1, 0.15) is 11.5 Å². The third-order valence-corrected chi connectivity index (χ3v) is 7.77. The van der Waals surface area contributed by atoms with Crippen LogP contribution in [0.4, 0.5) is 48.3 Å². The smallest absolute Gasteiger partial charge is 0.422 e. The van der Waals surface area contributed by atoms with E-state index in [9.17, 15) is 61.5 Å². The van der Waals surface area contributed by atoms with Gasteiger partial charge in [0.15, 0.2) is 16.4 Å². The minimum atomic E-state index is -5.19. The van der Waals surface area contributed by atoms with Crippen LogP contribution in [-0.4, -0.2) is 56.8 Å². The van der Waals surface area contributed by atoms with E-state index in [1.54, 1.807) is 0 Å². The molecule has 0 aliphatic heterocycles. The molecular weight excluding hydrogens is 711 g/mol. The molecule has 1 amide bonds. The number of amides is 1. The molecular formula is C26H23BrF11NO4S. The SMILES string of the molecule is CC(CS(=O)(=O)CC(F)(F)F)NC(=O)c1ccc(/C=C/C(c2cc(Br)cc(OCC(F)(F)F)c2)C(C)(F)F)cc1C(F)(F)F. The maximum absolute atomic E-state index is 14.6. The van der Waals surface area contributed by atoms with Gasteiger partial charge in [0.25, 0.3) is 11.8 Å². The highest BCUT2D eigenvalue weighted by atomic mass is 79.9. The van der Waals surface area contributed by atoms with Crippen molar-refractivity contribution in [1.82, 2.24) is 5.32 Å². The molecule has 0 radical (unpaired) electrons. The number of ether oxygens (including phenoxy) is 1. The Hall–Kier alpha value is -2.89. The summed E-state index contributed by atoms with van der Waals surface area (Å²) in [5, 5.41) is 1.90. The van der Waals surface area contributed by atoms with Gasteiger partial charge in [0.2, 0.25) is 0 Å². The maximum atomic E-state index is 14.6. The summed E-state index contributed by atoms with van der Waals surface area (Å²) in [6.45, 7) is -0.263. The first-order chi connectivity index (χ1) is 19.8. The largest absolute Gasteiger partial charge is 0.484 e. The van der Waals surface area contributed by atoms with Crippen LogP contribution in [0.1, 0.15) is 46.8 Å². The number of hydrogen-bond acceptors (Lipinski definition) is 4. The summed E-state index contributed by atoms with van der Waals surface area (Å²) in [6, 6.07) is 3.67. The highest BCUT2D eigenvalue weighted by Gasteiger charge is 2.38. The molecule has 2 aromatic carbocycles. The zero-order chi connectivity index (χ0) is 33.9. The van der Waals surface area contributed by atoms with Gasteiger partial charge in [-0.1, -0.05) is 34.1 Å². The van der Waals surface area contributed by atoms with E-state index in [0.29, 0.717) is 19.1 Å². The van der Waals surface area contributed by atoms with Crippen molar-refractivity contribution in [1.29, 1.82) is 0 Å². The fraction of sp³-hybridized carbons (Fsp3) is 0.423. The number of nitrogens with one attached hydrogen (secondary N) is 1. The fourth-order valence-corrected chi connectivity index (χ4v) is 5.87. The van der Waals surface area contributed by atoms with E-state index < -0.39 is 87.1 Å². The summed E-state index contributed by atoms with van der Waals surface area (Å²) in [5.74, 6) is -10.7. The van der Waals surface area contributed by atoms with Crippen LogP contribution in [0.5, 0.6) is 5.75 Å². The Labute approximate surface area is 252 Å². The van der Waals surface area contributed by atoms with E-state index >= 15 is 0 Å². The summed E-state index contributed by atoms with van der Waals surface area (Å²) in [4.78, 5) is 12.5. The molecule has 2 unspecified atom stereocenters. The predicted octanol–water partition coefficient (Wildman–Crippen LogP) is 7.96. The average molecular weight is 734 g/mol. The quantitative estimate of drug-likeness (QED) is 0.238. The van der Waals surface area contributed by atoms with Gasteiger partial charge in [-0.15, -0.1) is 0 Å². The van der Waals surface area contributed by atoms with Gasteiger partial charge in [-0.2, -0.15) is 39.5 Å². The number of benzene rings is 2. The molecule has 0 aliphatic rings. The minimum absolute atomic E-state index is 0.0741. The molecule has 0 spiro atoms. The number of hydrogen-bond donors (Lipinski definition) is 1. The first-order valence-electron chi connectivity index (χ1n) is 12.1. The molecule has 0 bridgehead atoms. The highest BCUT2D eigenvalue weighted by molar-refractivity contribution is 9.10. The third kappa shape index (κ3) is 12.2. The lowest BCUT2D eigenvalue weighted by Gasteiger charge is -2.22. The van der Waals surface area contributed by atoms with Gasteiger partial charge in [0, 0.05) is 17.4 Å². The van der Waals surface area contributed by atoms with Crippen LogP contribution in [0.2, 0.25) is 0 Å². The van der Waals surface area contributed by atoms with Crippen LogP contribution in [0.25, 0.3) is 6.08 Å². The number of rotatable bonds is 11. The van der Waals surface area contributed by atoms with E-state index in [1.807, 2.05) is 5.32 Å². The molecule has 18 heteroatoms. The molecule has 0 heterocycles. The molecule has 0 saturated heterocycles. The molecule has 0 aliphatic carbocycles. The van der Waals surface area contributed by atoms with Crippen molar-refractivity contribution in [2.45, 2.75) is 50.3 Å². The summed E-state index contributed by atoms with van der Waals surface area (Å²) >= 11 is 2.99. The zero-order valence-electron chi connectivity index (χ0n) is 22.5. The molecule has 1 N–H and O–H groups in total. The second kappa shape index (κ2) is 13.6. The Morgan fingerprint density at radius 2 is 1.57 bits per heavy atom. The molecule has 2 aromatic rings. The van der Waals surface area contributed by atoms with Gasteiger partial charge in [-0.25, -0.2) is 17.2 Å². The zero-order valence-corrected chi connectivity index (χ0v) is 24.9. The van der Waals surface area contributed by atoms with E-state index in [4.69, 9.17) is 0 Å². The van der Waals surface area contributed by atoms with Crippen molar-refractivity contribution in [2.75, 3.05) is 18.1 Å². The van der Waals surface area contributed by atoms with Gasteiger partial charge >= 0.3 is 18.5 Å². The Balaban J connectivity index is 2.39. The van der Waals surface area contributed by atoms with Crippen LogP contribution in [0, 0.1) is 0 Å². The molecule has 0 saturated carbocycles. The molecule has 246 valence electrons. The summed E-state index contributed by atoms with van der Waals surface area (Å²) in [7, 11) is -4.77. The average Bonchev–Trinajstić information content (AvgIpc) is 2.78.